The van der Waals surface area contributed by atoms with E-state index in [2.05, 4.69) is 68.8 Å². The topological polar surface area (TPSA) is 79.3 Å². The lowest BCUT2D eigenvalue weighted by Gasteiger charge is -2.16. The minimum Gasteiger partial charge on any atom is -0.504 e. The predicted molar refractivity (Wildman–Crippen MR) is 129 cm³/mol. The van der Waals surface area contributed by atoms with Crippen LogP contribution >= 0.6 is 0 Å². The molecule has 1 fully saturated rings. The molecule has 0 saturated carbocycles. The van der Waals surface area contributed by atoms with Gasteiger partial charge in [0.15, 0.2) is 5.75 Å². The zero-order valence-corrected chi connectivity index (χ0v) is 18.9. The van der Waals surface area contributed by atoms with E-state index < -0.39 is 0 Å². The molecule has 6 heteroatoms. The van der Waals surface area contributed by atoms with Gasteiger partial charge in [0.2, 0.25) is 0 Å². The molecule has 1 aliphatic heterocycles. The summed E-state index contributed by atoms with van der Waals surface area (Å²) in [5, 5.41) is 17.0. The quantitative estimate of drug-likeness (QED) is 0.466. The molecule has 0 aliphatic carbocycles. The first-order valence-electron chi connectivity index (χ1n) is 11.3. The molecule has 1 saturated heterocycles. The molecule has 33 heavy (non-hydrogen) atoms. The molecule has 3 aromatic rings. The molecule has 2 heterocycles. The summed E-state index contributed by atoms with van der Waals surface area (Å²) in [6.07, 6.45) is 4.64. The number of hydrogen-bond acceptors (Lipinski definition) is 6. The Labute approximate surface area is 195 Å². The van der Waals surface area contributed by atoms with Gasteiger partial charge in [-0.3, -0.25) is 0 Å². The Kier molecular flexibility index (Phi) is 8.04. The van der Waals surface area contributed by atoms with Crippen LogP contribution in [0.4, 0.5) is 0 Å². The largest absolute Gasteiger partial charge is 0.504 e. The van der Waals surface area contributed by atoms with E-state index in [1.807, 2.05) is 12.1 Å². The first-order chi connectivity index (χ1) is 16.2. The highest BCUT2D eigenvalue weighted by Gasteiger charge is 2.16. The van der Waals surface area contributed by atoms with Crippen molar-refractivity contribution >= 4 is 0 Å². The molecule has 0 amide bonds. The Morgan fingerprint density at radius 1 is 1.12 bits per heavy atom. The number of aromatic nitrogens is 2. The van der Waals surface area contributed by atoms with E-state index in [9.17, 15) is 5.11 Å². The van der Waals surface area contributed by atoms with Gasteiger partial charge in [-0.15, -0.1) is 0 Å². The Morgan fingerprint density at radius 2 is 1.85 bits per heavy atom. The monoisotopic (exact) mass is 442 g/mol. The number of nitrogens with one attached hydrogen (secondary N) is 2. The molecular weight excluding hydrogens is 412 g/mol. The van der Waals surface area contributed by atoms with Crippen molar-refractivity contribution in [3.63, 3.8) is 0 Å². The van der Waals surface area contributed by atoms with Crippen molar-refractivity contribution in [3.8, 4) is 17.6 Å². The number of rotatable bonds is 8. The van der Waals surface area contributed by atoms with Gasteiger partial charge in [0.25, 0.3) is 0 Å². The summed E-state index contributed by atoms with van der Waals surface area (Å²) in [7, 11) is 1.68. The second-order valence-corrected chi connectivity index (χ2v) is 8.35. The summed E-state index contributed by atoms with van der Waals surface area (Å²) < 4.78 is 5.40. The fourth-order valence-electron chi connectivity index (χ4n) is 3.99. The van der Waals surface area contributed by atoms with Crippen LogP contribution in [-0.2, 0) is 17.7 Å². The third-order valence-corrected chi connectivity index (χ3v) is 5.92. The molecule has 2 atom stereocenters. The molecule has 1 aromatic heterocycles. The summed E-state index contributed by atoms with van der Waals surface area (Å²) in [5.41, 5.74) is 4.97. The fraction of sp³-hybridized carbons (Fsp3) is 0.333. The van der Waals surface area contributed by atoms with Gasteiger partial charge in [-0.05, 0) is 48.4 Å². The Morgan fingerprint density at radius 3 is 2.48 bits per heavy atom. The van der Waals surface area contributed by atoms with E-state index in [0.29, 0.717) is 24.8 Å². The van der Waals surface area contributed by atoms with Gasteiger partial charge >= 0.3 is 0 Å². The minimum absolute atomic E-state index is 0.0824. The van der Waals surface area contributed by atoms with Gasteiger partial charge in [-0.2, -0.15) is 0 Å². The van der Waals surface area contributed by atoms with Crippen molar-refractivity contribution in [1.29, 1.82) is 0 Å². The van der Waals surface area contributed by atoms with Crippen LogP contribution in [0.15, 0.2) is 61.1 Å². The average Bonchev–Trinajstić information content (AvgIpc) is 3.37. The van der Waals surface area contributed by atoms with Crippen LogP contribution in [-0.4, -0.2) is 47.9 Å². The normalized spacial score (nSPS) is 16.2. The van der Waals surface area contributed by atoms with E-state index in [1.165, 1.54) is 24.5 Å². The number of aromatic hydroxyl groups is 1. The summed E-state index contributed by atoms with van der Waals surface area (Å²) in [4.78, 5) is 8.04. The molecule has 6 nitrogen and oxygen atoms in total. The molecule has 0 unspecified atom stereocenters. The SMILES string of the molecule is COC[C@H](Cc1ncncc1O)c1ccc(C#Cc2ccc(CN[C@H]3CCNC3)cc2)cc1. The van der Waals surface area contributed by atoms with Crippen LogP contribution in [0.3, 0.4) is 0 Å². The van der Waals surface area contributed by atoms with Crippen LogP contribution in [0.25, 0.3) is 0 Å². The van der Waals surface area contributed by atoms with Crippen molar-refractivity contribution < 1.29 is 9.84 Å². The number of methoxy groups -OCH3 is 1. The van der Waals surface area contributed by atoms with E-state index in [1.54, 1.807) is 7.11 Å². The Bertz CT molecular complexity index is 1080. The third-order valence-electron chi connectivity index (χ3n) is 5.92. The second kappa shape index (κ2) is 11.6. The fourth-order valence-corrected chi connectivity index (χ4v) is 3.99. The van der Waals surface area contributed by atoms with Gasteiger partial charge in [0.05, 0.1) is 18.5 Å². The molecule has 3 N–H and O–H groups in total. The van der Waals surface area contributed by atoms with Gasteiger partial charge in [0, 0.05) is 49.7 Å². The summed E-state index contributed by atoms with van der Waals surface area (Å²) in [6.45, 7) is 3.58. The van der Waals surface area contributed by atoms with Gasteiger partial charge in [0.1, 0.15) is 6.33 Å². The van der Waals surface area contributed by atoms with E-state index in [0.717, 1.165) is 36.3 Å². The zero-order chi connectivity index (χ0) is 22.9. The lowest BCUT2D eigenvalue weighted by molar-refractivity contribution is 0.178. The van der Waals surface area contributed by atoms with Gasteiger partial charge < -0.3 is 20.5 Å². The Balaban J connectivity index is 1.37. The van der Waals surface area contributed by atoms with Crippen LogP contribution in [0.2, 0.25) is 0 Å². The first-order valence-corrected chi connectivity index (χ1v) is 11.3. The van der Waals surface area contributed by atoms with Crippen LogP contribution in [0, 0.1) is 11.8 Å². The second-order valence-electron chi connectivity index (χ2n) is 8.35. The highest BCUT2D eigenvalue weighted by molar-refractivity contribution is 5.44. The number of ether oxygens (including phenoxy) is 1. The van der Waals surface area contributed by atoms with Crippen molar-refractivity contribution in [3.05, 3.63) is 89.0 Å². The standard InChI is InChI=1S/C27H30N4O2/c1-33-18-24(14-26-27(32)17-29-19-31-26)23-10-8-21(9-11-23)3-2-20-4-6-22(7-5-20)15-30-25-12-13-28-16-25/h4-11,17,19,24-25,28,30,32H,12-16,18H2,1H3/t24-,25-/m0/s1. The van der Waals surface area contributed by atoms with Gasteiger partial charge in [-0.25, -0.2) is 9.97 Å². The number of nitrogens with zero attached hydrogens (tertiary/aromatic N) is 2. The highest BCUT2D eigenvalue weighted by atomic mass is 16.5. The smallest absolute Gasteiger partial charge is 0.155 e. The van der Waals surface area contributed by atoms with Crippen molar-refractivity contribution in [2.75, 3.05) is 26.8 Å². The molecule has 2 aromatic carbocycles. The van der Waals surface area contributed by atoms with Crippen LogP contribution < -0.4 is 10.6 Å². The van der Waals surface area contributed by atoms with Crippen LogP contribution in [0.5, 0.6) is 5.75 Å². The number of benzene rings is 2. The van der Waals surface area contributed by atoms with E-state index in [4.69, 9.17) is 4.74 Å². The molecule has 0 spiro atoms. The molecule has 1 aliphatic rings. The maximum atomic E-state index is 10.0. The maximum absolute atomic E-state index is 10.0. The first kappa shape index (κ1) is 22.9. The summed E-state index contributed by atoms with van der Waals surface area (Å²) in [6, 6.07) is 17.2. The average molecular weight is 443 g/mol. The van der Waals surface area contributed by atoms with Crippen molar-refractivity contribution in [2.24, 2.45) is 0 Å². The van der Waals surface area contributed by atoms with Crippen molar-refractivity contribution in [2.45, 2.75) is 31.3 Å². The Hall–Kier alpha value is -3.24. The predicted octanol–water partition coefficient (Wildman–Crippen LogP) is 3.01. The maximum Gasteiger partial charge on any atom is 0.155 e. The van der Waals surface area contributed by atoms with Crippen molar-refractivity contribution in [1.82, 2.24) is 20.6 Å². The number of hydrogen-bond donors (Lipinski definition) is 3. The molecule has 0 bridgehead atoms. The van der Waals surface area contributed by atoms with E-state index >= 15 is 0 Å². The lowest BCUT2D eigenvalue weighted by atomic mass is 9.94. The highest BCUT2D eigenvalue weighted by Crippen LogP contribution is 2.24. The molecule has 4 rings (SSSR count). The molecule has 0 radical (unpaired) electrons. The third kappa shape index (κ3) is 6.62. The lowest BCUT2D eigenvalue weighted by Crippen LogP contribution is -2.30. The summed E-state index contributed by atoms with van der Waals surface area (Å²) >= 11 is 0. The van der Waals surface area contributed by atoms with E-state index in [-0.39, 0.29) is 11.7 Å². The summed E-state index contributed by atoms with van der Waals surface area (Å²) in [5.74, 6) is 6.69. The zero-order valence-electron chi connectivity index (χ0n) is 18.9. The minimum atomic E-state index is 0.0824. The molecular formula is C27H30N4O2. The van der Waals surface area contributed by atoms with Crippen LogP contribution in [0.1, 0.15) is 40.3 Å². The molecule has 170 valence electrons. The van der Waals surface area contributed by atoms with Gasteiger partial charge in [-0.1, -0.05) is 36.1 Å².